The zero-order chi connectivity index (χ0) is 16.5. The normalized spacial score (nSPS) is 14.0. The van der Waals surface area contributed by atoms with E-state index in [0.717, 1.165) is 49.2 Å². The standard InChI is InChI=1S/C15H18N4O.C3H8/c1-12-3-2-6-16-15(12)18-13-4-5-14(17-11-13)19-7-9-20-10-8-19;1-3-2/h2-6,11H,7-10H2,1H3,(H,16,18);3H2,1-2H3. The monoisotopic (exact) mass is 314 g/mol. The number of hydrogen-bond acceptors (Lipinski definition) is 5. The number of nitrogens with zero attached hydrogens (tertiary/aromatic N) is 3. The number of aromatic nitrogens is 2. The number of pyridine rings is 2. The first kappa shape index (κ1) is 17.2. The molecule has 1 aliphatic rings. The Balaban J connectivity index is 0.000000595. The average Bonchev–Trinajstić information content (AvgIpc) is 2.59. The first-order valence-electron chi connectivity index (χ1n) is 8.22. The van der Waals surface area contributed by atoms with Gasteiger partial charge in [-0.15, -0.1) is 0 Å². The Morgan fingerprint density at radius 2 is 1.87 bits per heavy atom. The van der Waals surface area contributed by atoms with Crippen LogP contribution in [0.4, 0.5) is 17.3 Å². The van der Waals surface area contributed by atoms with Gasteiger partial charge in [0.05, 0.1) is 25.1 Å². The van der Waals surface area contributed by atoms with Gasteiger partial charge in [0.25, 0.3) is 0 Å². The van der Waals surface area contributed by atoms with Crippen LogP contribution in [0, 0.1) is 6.92 Å². The van der Waals surface area contributed by atoms with E-state index < -0.39 is 0 Å². The Bertz CT molecular complexity index is 580. The predicted molar refractivity (Wildman–Crippen MR) is 95.5 cm³/mol. The summed E-state index contributed by atoms with van der Waals surface area (Å²) in [6.45, 7) is 9.63. The van der Waals surface area contributed by atoms with Gasteiger partial charge < -0.3 is 15.0 Å². The lowest BCUT2D eigenvalue weighted by Gasteiger charge is -2.27. The Hall–Kier alpha value is -2.14. The molecule has 1 saturated heterocycles. The molecule has 0 spiro atoms. The lowest BCUT2D eigenvalue weighted by Crippen LogP contribution is -2.36. The quantitative estimate of drug-likeness (QED) is 0.934. The minimum Gasteiger partial charge on any atom is -0.378 e. The highest BCUT2D eigenvalue weighted by Crippen LogP contribution is 2.19. The van der Waals surface area contributed by atoms with Crippen molar-refractivity contribution in [1.29, 1.82) is 0 Å². The van der Waals surface area contributed by atoms with Crippen LogP contribution in [0.2, 0.25) is 0 Å². The van der Waals surface area contributed by atoms with Crippen molar-refractivity contribution in [2.24, 2.45) is 0 Å². The fraction of sp³-hybridized carbons (Fsp3) is 0.444. The molecule has 0 aromatic carbocycles. The Morgan fingerprint density at radius 1 is 1.13 bits per heavy atom. The zero-order valence-corrected chi connectivity index (χ0v) is 14.2. The number of rotatable bonds is 3. The fourth-order valence-corrected chi connectivity index (χ4v) is 2.19. The summed E-state index contributed by atoms with van der Waals surface area (Å²) in [5.74, 6) is 1.87. The summed E-state index contributed by atoms with van der Waals surface area (Å²) in [5.41, 5.74) is 2.06. The molecular formula is C18H26N4O. The van der Waals surface area contributed by atoms with Crippen LogP contribution in [0.25, 0.3) is 0 Å². The minimum atomic E-state index is 0.773. The topological polar surface area (TPSA) is 50.3 Å². The van der Waals surface area contributed by atoms with E-state index in [-0.39, 0.29) is 0 Å². The van der Waals surface area contributed by atoms with Gasteiger partial charge in [-0.25, -0.2) is 9.97 Å². The third kappa shape index (κ3) is 5.21. The first-order valence-corrected chi connectivity index (χ1v) is 8.22. The van der Waals surface area contributed by atoms with Gasteiger partial charge >= 0.3 is 0 Å². The van der Waals surface area contributed by atoms with Crippen molar-refractivity contribution in [3.05, 3.63) is 42.2 Å². The summed E-state index contributed by atoms with van der Waals surface area (Å²) in [6, 6.07) is 8.03. The third-order valence-corrected chi connectivity index (χ3v) is 3.36. The molecule has 0 saturated carbocycles. The number of anilines is 3. The summed E-state index contributed by atoms with van der Waals surface area (Å²) in [5, 5.41) is 3.29. The van der Waals surface area contributed by atoms with Crippen LogP contribution in [0.15, 0.2) is 36.7 Å². The van der Waals surface area contributed by atoms with Crippen LogP contribution in [-0.4, -0.2) is 36.3 Å². The smallest absolute Gasteiger partial charge is 0.133 e. The van der Waals surface area contributed by atoms with Crippen molar-refractivity contribution in [3.63, 3.8) is 0 Å². The summed E-state index contributed by atoms with van der Waals surface area (Å²) in [7, 11) is 0. The van der Waals surface area contributed by atoms with Crippen molar-refractivity contribution in [3.8, 4) is 0 Å². The lowest BCUT2D eigenvalue weighted by atomic mass is 10.3. The van der Waals surface area contributed by atoms with E-state index in [4.69, 9.17) is 4.74 Å². The van der Waals surface area contributed by atoms with E-state index >= 15 is 0 Å². The molecule has 2 aromatic heterocycles. The molecule has 0 aliphatic carbocycles. The first-order chi connectivity index (χ1) is 11.2. The summed E-state index contributed by atoms with van der Waals surface area (Å²) in [4.78, 5) is 11.1. The molecule has 0 atom stereocenters. The molecule has 5 nitrogen and oxygen atoms in total. The molecule has 2 aromatic rings. The minimum absolute atomic E-state index is 0.773. The summed E-state index contributed by atoms with van der Waals surface area (Å²) in [6.07, 6.45) is 4.88. The van der Waals surface area contributed by atoms with Gasteiger partial charge in [-0.1, -0.05) is 26.3 Å². The molecule has 1 fully saturated rings. The highest BCUT2D eigenvalue weighted by molar-refractivity contribution is 5.59. The summed E-state index contributed by atoms with van der Waals surface area (Å²) >= 11 is 0. The van der Waals surface area contributed by atoms with Gasteiger partial charge in [-0.3, -0.25) is 0 Å². The molecule has 3 heterocycles. The molecule has 5 heteroatoms. The highest BCUT2D eigenvalue weighted by Gasteiger charge is 2.12. The second kappa shape index (κ2) is 9.10. The van der Waals surface area contributed by atoms with E-state index in [1.54, 1.807) is 6.20 Å². The predicted octanol–water partition coefficient (Wildman–Crippen LogP) is 3.78. The number of nitrogens with one attached hydrogen (secondary N) is 1. The van der Waals surface area contributed by atoms with Gasteiger partial charge in [-0.2, -0.15) is 0 Å². The van der Waals surface area contributed by atoms with Crippen LogP contribution in [0.5, 0.6) is 0 Å². The zero-order valence-electron chi connectivity index (χ0n) is 14.2. The van der Waals surface area contributed by atoms with E-state index in [1.165, 1.54) is 6.42 Å². The molecule has 1 aliphatic heterocycles. The number of aryl methyl sites for hydroxylation is 1. The van der Waals surface area contributed by atoms with E-state index in [2.05, 4.69) is 34.0 Å². The Labute approximate surface area is 138 Å². The molecule has 0 bridgehead atoms. The van der Waals surface area contributed by atoms with Crippen molar-refractivity contribution in [1.82, 2.24) is 9.97 Å². The average molecular weight is 314 g/mol. The molecule has 0 unspecified atom stereocenters. The molecule has 0 amide bonds. The molecule has 23 heavy (non-hydrogen) atoms. The molecule has 1 N–H and O–H groups in total. The van der Waals surface area contributed by atoms with Gasteiger partial charge in [0, 0.05) is 19.3 Å². The van der Waals surface area contributed by atoms with Gasteiger partial charge in [0.1, 0.15) is 11.6 Å². The SMILES string of the molecule is CCC.Cc1cccnc1Nc1ccc(N2CCOCC2)nc1. The maximum atomic E-state index is 5.35. The Morgan fingerprint density at radius 3 is 2.48 bits per heavy atom. The van der Waals surface area contributed by atoms with Crippen LogP contribution in [0.3, 0.4) is 0 Å². The van der Waals surface area contributed by atoms with Gasteiger partial charge in [-0.05, 0) is 30.7 Å². The number of morpholine rings is 1. The highest BCUT2D eigenvalue weighted by atomic mass is 16.5. The second-order valence-electron chi connectivity index (χ2n) is 5.51. The van der Waals surface area contributed by atoms with Crippen molar-refractivity contribution in [2.45, 2.75) is 27.2 Å². The van der Waals surface area contributed by atoms with Crippen molar-refractivity contribution < 1.29 is 4.74 Å². The number of ether oxygens (including phenoxy) is 1. The second-order valence-corrected chi connectivity index (χ2v) is 5.51. The van der Waals surface area contributed by atoms with E-state index in [0.29, 0.717) is 0 Å². The maximum Gasteiger partial charge on any atom is 0.133 e. The van der Waals surface area contributed by atoms with Crippen LogP contribution in [-0.2, 0) is 4.74 Å². The van der Waals surface area contributed by atoms with Gasteiger partial charge in [0.2, 0.25) is 0 Å². The maximum absolute atomic E-state index is 5.35. The molecular weight excluding hydrogens is 288 g/mol. The molecule has 0 radical (unpaired) electrons. The van der Waals surface area contributed by atoms with Crippen molar-refractivity contribution >= 4 is 17.3 Å². The Kier molecular flexibility index (Phi) is 6.81. The van der Waals surface area contributed by atoms with Crippen LogP contribution in [0.1, 0.15) is 25.8 Å². The third-order valence-electron chi connectivity index (χ3n) is 3.36. The van der Waals surface area contributed by atoms with Crippen LogP contribution < -0.4 is 10.2 Å². The van der Waals surface area contributed by atoms with E-state index in [9.17, 15) is 0 Å². The van der Waals surface area contributed by atoms with Crippen LogP contribution >= 0.6 is 0 Å². The largest absolute Gasteiger partial charge is 0.378 e. The number of hydrogen-bond donors (Lipinski definition) is 1. The van der Waals surface area contributed by atoms with Gasteiger partial charge in [0.15, 0.2) is 0 Å². The van der Waals surface area contributed by atoms with E-state index in [1.807, 2.05) is 37.4 Å². The lowest BCUT2D eigenvalue weighted by molar-refractivity contribution is 0.122. The summed E-state index contributed by atoms with van der Waals surface area (Å²) < 4.78 is 5.35. The molecule has 124 valence electrons. The molecule has 3 rings (SSSR count). The fourth-order valence-electron chi connectivity index (χ4n) is 2.19. The van der Waals surface area contributed by atoms with Crippen molar-refractivity contribution in [2.75, 3.05) is 36.5 Å².